The van der Waals surface area contributed by atoms with Crippen molar-refractivity contribution in [2.75, 3.05) is 133 Å². The molecule has 60 heavy (non-hydrogen) atoms. The molecule has 0 atom stereocenters. The van der Waals surface area contributed by atoms with Crippen LogP contribution in [0.1, 0.15) is 75.7 Å². The molecule has 0 aromatic carbocycles. The van der Waals surface area contributed by atoms with Crippen LogP contribution >= 0.6 is 11.6 Å². The second-order valence-electron chi connectivity index (χ2n) is 15.9. The Bertz CT molecular complexity index is 1970. The summed E-state index contributed by atoms with van der Waals surface area (Å²) < 4.78 is 5.47. The summed E-state index contributed by atoms with van der Waals surface area (Å²) >= 11 is 6.45. The highest BCUT2D eigenvalue weighted by atomic mass is 35.5. The number of aliphatic hydroxyl groups is 1. The quantitative estimate of drug-likeness (QED) is 0.138. The Kier molecular flexibility index (Phi) is 14.3. The highest BCUT2D eigenvalue weighted by molar-refractivity contribution is 6.28. The number of aromatic nitrogens is 12. The van der Waals surface area contributed by atoms with Crippen molar-refractivity contribution in [2.24, 2.45) is 5.92 Å². The van der Waals surface area contributed by atoms with Gasteiger partial charge in [0, 0.05) is 90.4 Å². The van der Waals surface area contributed by atoms with Crippen molar-refractivity contribution in [3.63, 3.8) is 0 Å². The minimum atomic E-state index is -0.0295. The van der Waals surface area contributed by atoms with Gasteiger partial charge in [0.05, 0.1) is 19.8 Å². The summed E-state index contributed by atoms with van der Waals surface area (Å²) in [6.07, 6.45) is 1.99. The Morgan fingerprint density at radius 2 is 1.00 bits per heavy atom. The molecule has 0 spiro atoms. The van der Waals surface area contributed by atoms with Crippen LogP contribution in [0, 0.1) is 19.8 Å². The van der Waals surface area contributed by atoms with Crippen LogP contribution in [-0.2, 0) is 4.74 Å². The lowest BCUT2D eigenvalue weighted by molar-refractivity contribution is 0.0991. The van der Waals surface area contributed by atoms with Gasteiger partial charge in [0.15, 0.2) is 0 Å². The molecule has 7 rings (SSSR count). The van der Waals surface area contributed by atoms with Gasteiger partial charge in [-0.2, -0.15) is 49.8 Å². The third-order valence-electron chi connectivity index (χ3n) is 10.6. The maximum Gasteiger partial charge on any atom is 0.232 e. The number of ether oxygens (including phenoxy) is 1. The Hall–Kier alpha value is -5.15. The molecule has 21 nitrogen and oxygen atoms in total. The van der Waals surface area contributed by atoms with E-state index in [2.05, 4.69) is 87.7 Å². The highest BCUT2D eigenvalue weighted by Gasteiger charge is 2.28. The van der Waals surface area contributed by atoms with Crippen molar-refractivity contribution in [3.05, 3.63) is 28.6 Å². The van der Waals surface area contributed by atoms with Gasteiger partial charge in [0.25, 0.3) is 0 Å². The van der Waals surface area contributed by atoms with Gasteiger partial charge in [-0.15, -0.1) is 0 Å². The number of aliphatic hydroxyl groups excluding tert-OH is 1. The SMILES string of the molecule is Cc1nc(C)nc(N2CCC(CNc3nc(Cl)nc(N4CCN(c5nc(NCCOCCO)nc(N6CCN(c7nc(C(C)C)nc(C(C)C)n7)CC6)n5)CC4)n3)CC2)n1. The minimum Gasteiger partial charge on any atom is -0.394 e. The predicted molar refractivity (Wildman–Crippen MR) is 231 cm³/mol. The molecule has 0 aliphatic carbocycles. The third kappa shape index (κ3) is 11.2. The average Bonchev–Trinajstić information content (AvgIpc) is 3.25. The normalized spacial score (nSPS) is 16.7. The molecule has 3 fully saturated rings. The topological polar surface area (TPSA) is 224 Å². The van der Waals surface area contributed by atoms with Gasteiger partial charge in [-0.05, 0) is 44.2 Å². The summed E-state index contributed by atoms with van der Waals surface area (Å²) in [6.45, 7) is 21.2. The number of aryl methyl sites for hydroxylation is 2. The number of nitrogens with zero attached hydrogens (tertiary/aromatic N) is 17. The molecule has 324 valence electrons. The summed E-state index contributed by atoms with van der Waals surface area (Å²) in [4.78, 5) is 67.0. The lowest BCUT2D eigenvalue weighted by Gasteiger charge is -2.37. The van der Waals surface area contributed by atoms with E-state index in [1.165, 1.54) is 0 Å². The fraction of sp³-hybridized carbons (Fsp3) is 0.684. The second kappa shape index (κ2) is 19.9. The van der Waals surface area contributed by atoms with Crippen molar-refractivity contribution in [1.29, 1.82) is 0 Å². The number of nitrogens with one attached hydrogen (secondary N) is 2. The Morgan fingerprint density at radius 3 is 1.50 bits per heavy atom. The van der Waals surface area contributed by atoms with Crippen LogP contribution in [0.25, 0.3) is 0 Å². The third-order valence-corrected chi connectivity index (χ3v) is 10.8. The van der Waals surface area contributed by atoms with Gasteiger partial charge in [-0.1, -0.05) is 27.7 Å². The van der Waals surface area contributed by atoms with E-state index in [0.717, 1.165) is 67.7 Å². The van der Waals surface area contributed by atoms with Crippen LogP contribution in [0.15, 0.2) is 0 Å². The molecule has 3 N–H and O–H groups in total. The fourth-order valence-corrected chi connectivity index (χ4v) is 7.41. The van der Waals surface area contributed by atoms with Crippen LogP contribution in [0.4, 0.5) is 41.6 Å². The summed E-state index contributed by atoms with van der Waals surface area (Å²) in [5.41, 5.74) is 0. The largest absolute Gasteiger partial charge is 0.394 e. The predicted octanol–water partition coefficient (Wildman–Crippen LogP) is 2.35. The summed E-state index contributed by atoms with van der Waals surface area (Å²) in [7, 11) is 0. The number of piperazine rings is 2. The number of halogens is 1. The molecule has 0 bridgehead atoms. The lowest BCUT2D eigenvalue weighted by atomic mass is 9.97. The number of rotatable bonds is 16. The molecule has 0 unspecified atom stereocenters. The van der Waals surface area contributed by atoms with E-state index in [9.17, 15) is 0 Å². The molecule has 0 radical (unpaired) electrons. The zero-order chi connectivity index (χ0) is 42.2. The van der Waals surface area contributed by atoms with Crippen molar-refractivity contribution < 1.29 is 9.84 Å². The lowest BCUT2D eigenvalue weighted by Crippen LogP contribution is -2.49. The first-order chi connectivity index (χ1) is 29.0. The summed E-state index contributed by atoms with van der Waals surface area (Å²) in [6, 6.07) is 0. The van der Waals surface area contributed by atoms with Gasteiger partial charge in [-0.3, -0.25) is 0 Å². The van der Waals surface area contributed by atoms with Crippen molar-refractivity contribution in [1.82, 2.24) is 59.8 Å². The van der Waals surface area contributed by atoms with Gasteiger partial charge in [0.1, 0.15) is 23.3 Å². The molecule has 3 aliphatic rings. The molecule has 3 aliphatic heterocycles. The first-order valence-corrected chi connectivity index (χ1v) is 21.4. The van der Waals surface area contributed by atoms with Crippen LogP contribution < -0.4 is 35.1 Å². The van der Waals surface area contributed by atoms with E-state index in [-0.39, 0.29) is 30.3 Å². The fourth-order valence-electron chi connectivity index (χ4n) is 7.26. The molecule has 22 heteroatoms. The number of piperidine rings is 1. The number of anilines is 7. The molecule has 0 saturated carbocycles. The molecule has 4 aromatic rings. The number of hydrogen-bond donors (Lipinski definition) is 3. The smallest absolute Gasteiger partial charge is 0.232 e. The van der Waals surface area contributed by atoms with Crippen molar-refractivity contribution in [3.8, 4) is 0 Å². The Labute approximate surface area is 356 Å². The zero-order valence-electron chi connectivity index (χ0n) is 35.6. The van der Waals surface area contributed by atoms with Gasteiger partial charge in [0.2, 0.25) is 46.9 Å². The van der Waals surface area contributed by atoms with Gasteiger partial charge >= 0.3 is 0 Å². The van der Waals surface area contributed by atoms with E-state index in [1.807, 2.05) is 13.8 Å². The van der Waals surface area contributed by atoms with E-state index < -0.39 is 0 Å². The first kappa shape index (κ1) is 43.0. The molecule has 3 saturated heterocycles. The second-order valence-corrected chi connectivity index (χ2v) is 16.2. The van der Waals surface area contributed by atoms with E-state index >= 15 is 0 Å². The monoisotopic (exact) mass is 847 g/mol. The minimum absolute atomic E-state index is 0.0295. The molecule has 0 amide bonds. The van der Waals surface area contributed by atoms with Gasteiger partial charge < -0.3 is 45.0 Å². The number of hydrogen-bond acceptors (Lipinski definition) is 21. The van der Waals surface area contributed by atoms with E-state index in [0.29, 0.717) is 101 Å². The summed E-state index contributed by atoms with van der Waals surface area (Å²) in [5, 5.41) is 16.0. The molecular formula is C38H58ClN19O2. The van der Waals surface area contributed by atoms with Crippen LogP contribution in [0.5, 0.6) is 0 Å². The van der Waals surface area contributed by atoms with Crippen LogP contribution in [0.3, 0.4) is 0 Å². The van der Waals surface area contributed by atoms with Crippen LogP contribution in [0.2, 0.25) is 5.28 Å². The zero-order valence-corrected chi connectivity index (χ0v) is 36.3. The van der Waals surface area contributed by atoms with Crippen molar-refractivity contribution in [2.45, 2.75) is 66.2 Å². The van der Waals surface area contributed by atoms with Crippen molar-refractivity contribution >= 4 is 53.2 Å². The maximum absolute atomic E-state index is 9.12. The first-order valence-electron chi connectivity index (χ1n) is 21.0. The highest BCUT2D eigenvalue weighted by Crippen LogP contribution is 2.25. The summed E-state index contributed by atoms with van der Waals surface area (Å²) in [5.74, 6) is 8.09. The Morgan fingerprint density at radius 1 is 0.550 bits per heavy atom. The maximum atomic E-state index is 9.12. The van der Waals surface area contributed by atoms with Gasteiger partial charge in [-0.25, -0.2) is 9.97 Å². The van der Waals surface area contributed by atoms with E-state index in [1.54, 1.807) is 0 Å². The standard InChI is InChI=1S/C38H58ClN19O2/c1-24(2)29-45-30(25(3)4)47-35(46-29)55-12-16-57(17-13-55)37-50-32(40-9-21-60-22-20-59)51-38(53-37)58-18-14-56(15-19-58)36-49-31(39)48-33(52-36)41-23-28-7-10-54(11-8-28)34-43-26(5)42-27(6)44-34/h24-25,28,59H,7-23H2,1-6H3,(H,40,50,51,53)(H,41,48,49,52). The Balaban J connectivity index is 0.971. The van der Waals surface area contributed by atoms with E-state index in [4.69, 9.17) is 56.3 Å². The molecule has 4 aromatic heterocycles. The van der Waals surface area contributed by atoms with Crippen LogP contribution in [-0.4, -0.2) is 163 Å². The molecule has 7 heterocycles. The molecular weight excluding hydrogens is 790 g/mol. The average molecular weight is 848 g/mol.